The molecule has 0 aliphatic carbocycles. The molecule has 0 aliphatic heterocycles. The van der Waals surface area contributed by atoms with Crippen molar-refractivity contribution >= 4 is 11.8 Å². The number of imidazole rings is 1. The first kappa shape index (κ1) is 13.1. The highest BCUT2D eigenvalue weighted by Gasteiger charge is 2.25. The van der Waals surface area contributed by atoms with Gasteiger partial charge in [-0.05, 0) is 19.9 Å². The minimum atomic E-state index is -0.451. The summed E-state index contributed by atoms with van der Waals surface area (Å²) in [7, 11) is 0. The molecule has 2 unspecified atom stereocenters. The van der Waals surface area contributed by atoms with Gasteiger partial charge in [0.15, 0.2) is 5.16 Å². The third-order valence-corrected chi connectivity index (χ3v) is 3.31. The SMILES string of the molecule is CCNC(C)(C#N)CC(C)Sc1ncc[nH]1. The minimum absolute atomic E-state index is 0.342. The van der Waals surface area contributed by atoms with Gasteiger partial charge in [0.25, 0.3) is 0 Å². The Bertz CT molecular complexity index is 343. The van der Waals surface area contributed by atoms with E-state index in [1.807, 2.05) is 20.0 Å². The van der Waals surface area contributed by atoms with E-state index < -0.39 is 5.54 Å². The van der Waals surface area contributed by atoms with E-state index in [1.165, 1.54) is 0 Å². The second-order valence-corrected chi connectivity index (χ2v) is 5.43. The van der Waals surface area contributed by atoms with E-state index in [1.54, 1.807) is 18.0 Å². The fourth-order valence-corrected chi connectivity index (χ4v) is 2.73. The van der Waals surface area contributed by atoms with Crippen molar-refractivity contribution in [3.63, 3.8) is 0 Å². The van der Waals surface area contributed by atoms with E-state index in [9.17, 15) is 0 Å². The van der Waals surface area contributed by atoms with Gasteiger partial charge in [0.05, 0.1) is 6.07 Å². The van der Waals surface area contributed by atoms with Crippen LogP contribution in [0.15, 0.2) is 17.6 Å². The van der Waals surface area contributed by atoms with Crippen LogP contribution in [0.5, 0.6) is 0 Å². The number of nitriles is 1. The summed E-state index contributed by atoms with van der Waals surface area (Å²) in [6.45, 7) is 6.87. The van der Waals surface area contributed by atoms with Crippen molar-refractivity contribution < 1.29 is 0 Å². The Hall–Kier alpha value is -0.990. The number of hydrogen-bond acceptors (Lipinski definition) is 4. The number of aromatic amines is 1. The molecule has 0 radical (unpaired) electrons. The fourth-order valence-electron chi connectivity index (χ4n) is 1.67. The molecule has 0 amide bonds. The highest BCUT2D eigenvalue weighted by Crippen LogP contribution is 2.25. The molecule has 88 valence electrons. The molecule has 0 saturated carbocycles. The molecule has 1 aromatic rings. The Morgan fingerprint density at radius 3 is 3.00 bits per heavy atom. The third-order valence-electron chi connectivity index (χ3n) is 2.30. The highest BCUT2D eigenvalue weighted by molar-refractivity contribution is 7.99. The molecule has 0 aromatic carbocycles. The minimum Gasteiger partial charge on any atom is -0.340 e. The predicted molar refractivity (Wildman–Crippen MR) is 66.2 cm³/mol. The van der Waals surface area contributed by atoms with Crippen molar-refractivity contribution in [1.82, 2.24) is 15.3 Å². The van der Waals surface area contributed by atoms with Crippen LogP contribution in [0.1, 0.15) is 27.2 Å². The van der Waals surface area contributed by atoms with Gasteiger partial charge < -0.3 is 4.98 Å². The molecule has 16 heavy (non-hydrogen) atoms. The number of aromatic nitrogens is 2. The molecule has 0 spiro atoms. The van der Waals surface area contributed by atoms with Crippen LogP contribution in [0.4, 0.5) is 0 Å². The van der Waals surface area contributed by atoms with Gasteiger partial charge in [-0.25, -0.2) is 4.98 Å². The lowest BCUT2D eigenvalue weighted by atomic mass is 9.98. The second-order valence-electron chi connectivity index (χ2n) is 4.00. The number of hydrogen-bond donors (Lipinski definition) is 2. The molecule has 1 heterocycles. The van der Waals surface area contributed by atoms with Gasteiger partial charge in [-0.2, -0.15) is 5.26 Å². The van der Waals surface area contributed by atoms with Crippen LogP contribution in [0.3, 0.4) is 0 Å². The van der Waals surface area contributed by atoms with Gasteiger partial charge in [0, 0.05) is 17.6 Å². The molecule has 0 saturated heterocycles. The summed E-state index contributed by atoms with van der Waals surface area (Å²) in [5, 5.41) is 13.6. The largest absolute Gasteiger partial charge is 0.340 e. The third kappa shape index (κ3) is 3.87. The summed E-state index contributed by atoms with van der Waals surface area (Å²) in [5.74, 6) is 0. The Morgan fingerprint density at radius 1 is 1.75 bits per heavy atom. The number of nitrogens with one attached hydrogen (secondary N) is 2. The summed E-state index contributed by atoms with van der Waals surface area (Å²) in [6.07, 6.45) is 4.34. The van der Waals surface area contributed by atoms with E-state index in [0.29, 0.717) is 5.25 Å². The molecular weight excluding hydrogens is 220 g/mol. The van der Waals surface area contributed by atoms with Crippen molar-refractivity contribution in [2.24, 2.45) is 0 Å². The molecule has 1 rings (SSSR count). The molecule has 5 heteroatoms. The standard InChI is InChI=1S/C11H18N4S/c1-4-15-11(3,8-12)7-9(2)16-10-13-5-6-14-10/h5-6,9,15H,4,7H2,1-3H3,(H,13,14). The maximum absolute atomic E-state index is 9.15. The Balaban J connectivity index is 2.50. The molecule has 2 atom stereocenters. The first-order valence-corrected chi connectivity index (χ1v) is 6.30. The van der Waals surface area contributed by atoms with Crippen LogP contribution in [-0.2, 0) is 0 Å². The molecule has 2 N–H and O–H groups in total. The van der Waals surface area contributed by atoms with Crippen LogP contribution in [0.25, 0.3) is 0 Å². The molecule has 4 nitrogen and oxygen atoms in total. The summed E-state index contributed by atoms with van der Waals surface area (Å²) in [6, 6.07) is 2.33. The monoisotopic (exact) mass is 238 g/mol. The Labute approximate surface area is 101 Å². The van der Waals surface area contributed by atoms with E-state index >= 15 is 0 Å². The Morgan fingerprint density at radius 2 is 2.50 bits per heavy atom. The summed E-state index contributed by atoms with van der Waals surface area (Å²) < 4.78 is 0. The fraction of sp³-hybridized carbons (Fsp3) is 0.636. The zero-order valence-corrected chi connectivity index (χ0v) is 10.8. The molecule has 0 aliphatic rings. The van der Waals surface area contributed by atoms with Crippen LogP contribution in [0, 0.1) is 11.3 Å². The first-order chi connectivity index (χ1) is 7.59. The number of H-pyrrole nitrogens is 1. The maximum Gasteiger partial charge on any atom is 0.165 e. The van der Waals surface area contributed by atoms with Crippen LogP contribution in [0.2, 0.25) is 0 Å². The number of nitrogens with zero attached hydrogens (tertiary/aromatic N) is 2. The molecule has 0 fully saturated rings. The summed E-state index contributed by atoms with van der Waals surface area (Å²) in [4.78, 5) is 7.21. The average Bonchev–Trinajstić information content (AvgIpc) is 2.70. The molecule has 1 aromatic heterocycles. The molecule has 0 bridgehead atoms. The summed E-state index contributed by atoms with van der Waals surface area (Å²) >= 11 is 1.66. The van der Waals surface area contributed by atoms with Gasteiger partial charge in [-0.1, -0.05) is 25.6 Å². The van der Waals surface area contributed by atoms with Crippen LogP contribution < -0.4 is 5.32 Å². The van der Waals surface area contributed by atoms with Gasteiger partial charge >= 0.3 is 0 Å². The second kappa shape index (κ2) is 5.92. The van der Waals surface area contributed by atoms with Gasteiger partial charge in [0.2, 0.25) is 0 Å². The van der Waals surface area contributed by atoms with Crippen molar-refractivity contribution in [2.75, 3.05) is 6.54 Å². The van der Waals surface area contributed by atoms with E-state index in [0.717, 1.165) is 18.1 Å². The normalized spacial score (nSPS) is 16.4. The highest BCUT2D eigenvalue weighted by atomic mass is 32.2. The van der Waals surface area contributed by atoms with Crippen molar-refractivity contribution in [2.45, 2.75) is 43.1 Å². The van der Waals surface area contributed by atoms with Crippen LogP contribution >= 0.6 is 11.8 Å². The van der Waals surface area contributed by atoms with Crippen molar-refractivity contribution in [3.05, 3.63) is 12.4 Å². The lowest BCUT2D eigenvalue weighted by Crippen LogP contribution is -2.42. The maximum atomic E-state index is 9.15. The quantitative estimate of drug-likeness (QED) is 0.745. The van der Waals surface area contributed by atoms with Gasteiger partial charge in [0.1, 0.15) is 5.54 Å². The lowest BCUT2D eigenvalue weighted by Gasteiger charge is -2.25. The predicted octanol–water partition coefficient (Wildman–Crippen LogP) is 2.17. The zero-order valence-electron chi connectivity index (χ0n) is 9.95. The zero-order chi connectivity index (χ0) is 12.0. The van der Waals surface area contributed by atoms with E-state index in [2.05, 4.69) is 28.3 Å². The molecular formula is C11H18N4S. The number of rotatable bonds is 6. The van der Waals surface area contributed by atoms with E-state index in [-0.39, 0.29) is 0 Å². The van der Waals surface area contributed by atoms with Crippen molar-refractivity contribution in [3.8, 4) is 6.07 Å². The topological polar surface area (TPSA) is 64.5 Å². The average molecular weight is 238 g/mol. The number of thioether (sulfide) groups is 1. The lowest BCUT2D eigenvalue weighted by molar-refractivity contribution is 0.429. The summed E-state index contributed by atoms with van der Waals surface area (Å²) in [5.41, 5.74) is -0.451. The first-order valence-electron chi connectivity index (χ1n) is 5.42. The van der Waals surface area contributed by atoms with Gasteiger partial charge in [-0.15, -0.1) is 0 Å². The van der Waals surface area contributed by atoms with Crippen molar-refractivity contribution in [1.29, 1.82) is 5.26 Å². The van der Waals surface area contributed by atoms with E-state index in [4.69, 9.17) is 5.26 Å². The van der Waals surface area contributed by atoms with Gasteiger partial charge in [-0.3, -0.25) is 5.32 Å². The Kier molecular flexibility index (Phi) is 4.84. The van der Waals surface area contributed by atoms with Crippen LogP contribution in [-0.4, -0.2) is 27.3 Å². The smallest absolute Gasteiger partial charge is 0.165 e.